The predicted molar refractivity (Wildman–Crippen MR) is 74.5 cm³/mol. The van der Waals surface area contributed by atoms with Crippen molar-refractivity contribution in [1.82, 2.24) is 25.1 Å². The molecule has 0 saturated carbocycles. The van der Waals surface area contributed by atoms with Gasteiger partial charge in [0.05, 0.1) is 23.9 Å². The third-order valence-electron chi connectivity index (χ3n) is 3.77. The minimum Gasteiger partial charge on any atom is -0.380 e. The molecule has 0 aromatic carbocycles. The van der Waals surface area contributed by atoms with Crippen LogP contribution in [0.5, 0.6) is 0 Å². The molecule has 0 bridgehead atoms. The van der Waals surface area contributed by atoms with Gasteiger partial charge in [-0.25, -0.2) is 9.37 Å². The van der Waals surface area contributed by atoms with Crippen LogP contribution >= 0.6 is 0 Å². The maximum absolute atomic E-state index is 13.8. The molecule has 8 heteroatoms. The number of H-pyrrole nitrogens is 1. The van der Waals surface area contributed by atoms with E-state index in [2.05, 4.69) is 20.2 Å². The van der Waals surface area contributed by atoms with E-state index in [-0.39, 0.29) is 17.7 Å². The van der Waals surface area contributed by atoms with Crippen molar-refractivity contribution >= 4 is 5.91 Å². The Balaban J connectivity index is 1.92. The molecule has 2 aromatic rings. The Morgan fingerprint density at radius 3 is 3.00 bits per heavy atom. The topological polar surface area (TPSA) is 84.0 Å². The van der Waals surface area contributed by atoms with E-state index in [0.29, 0.717) is 24.6 Å². The van der Waals surface area contributed by atoms with E-state index in [1.165, 1.54) is 12.3 Å². The number of methoxy groups -OCH3 is 1. The Hall–Kier alpha value is -2.35. The largest absolute Gasteiger partial charge is 0.380 e. The Morgan fingerprint density at radius 2 is 2.36 bits per heavy atom. The monoisotopic (exact) mass is 305 g/mol. The van der Waals surface area contributed by atoms with Crippen molar-refractivity contribution in [3.63, 3.8) is 0 Å². The average molecular weight is 305 g/mol. The van der Waals surface area contributed by atoms with Crippen LogP contribution in [0.2, 0.25) is 0 Å². The lowest BCUT2D eigenvalue weighted by molar-refractivity contribution is 0.0679. The molecule has 2 aromatic heterocycles. The smallest absolute Gasteiger partial charge is 0.257 e. The third kappa shape index (κ3) is 2.57. The SMILES string of the molecule is CO[C@@H]1C[C@@H](c2n[nH]c(C)n2)N(C(=O)c2ccncc2F)C1. The number of likely N-dealkylation sites (tertiary alicyclic amines) is 1. The van der Waals surface area contributed by atoms with E-state index >= 15 is 0 Å². The van der Waals surface area contributed by atoms with Gasteiger partial charge in [0.2, 0.25) is 0 Å². The number of rotatable bonds is 3. The zero-order valence-electron chi connectivity index (χ0n) is 12.3. The van der Waals surface area contributed by atoms with E-state index in [0.717, 1.165) is 6.20 Å². The molecule has 3 heterocycles. The summed E-state index contributed by atoms with van der Waals surface area (Å²) < 4.78 is 19.2. The summed E-state index contributed by atoms with van der Waals surface area (Å²) in [6.45, 7) is 2.16. The van der Waals surface area contributed by atoms with Crippen LogP contribution in [-0.2, 0) is 4.74 Å². The van der Waals surface area contributed by atoms with Gasteiger partial charge in [0.15, 0.2) is 11.6 Å². The normalized spacial score (nSPS) is 21.3. The maximum Gasteiger partial charge on any atom is 0.257 e. The highest BCUT2D eigenvalue weighted by Crippen LogP contribution is 2.33. The number of aromatic amines is 1. The number of pyridine rings is 1. The molecule has 1 aliphatic heterocycles. The van der Waals surface area contributed by atoms with Crippen LogP contribution in [0.1, 0.15) is 34.5 Å². The van der Waals surface area contributed by atoms with Crippen molar-refractivity contribution in [2.45, 2.75) is 25.5 Å². The Labute approximate surface area is 126 Å². The van der Waals surface area contributed by atoms with Crippen LogP contribution in [0.25, 0.3) is 0 Å². The number of carbonyl (C=O) groups excluding carboxylic acids is 1. The second kappa shape index (κ2) is 5.80. The number of hydrogen-bond acceptors (Lipinski definition) is 5. The van der Waals surface area contributed by atoms with Gasteiger partial charge in [0.1, 0.15) is 5.82 Å². The third-order valence-corrected chi connectivity index (χ3v) is 3.77. The van der Waals surface area contributed by atoms with E-state index in [4.69, 9.17) is 4.74 Å². The molecule has 0 spiro atoms. The Bertz CT molecular complexity index is 689. The van der Waals surface area contributed by atoms with Gasteiger partial charge in [0, 0.05) is 26.3 Å². The summed E-state index contributed by atoms with van der Waals surface area (Å²) in [7, 11) is 1.59. The van der Waals surface area contributed by atoms with E-state index in [1.807, 2.05) is 0 Å². The molecule has 1 fully saturated rings. The van der Waals surface area contributed by atoms with Gasteiger partial charge in [-0.3, -0.25) is 14.9 Å². The van der Waals surface area contributed by atoms with Crippen LogP contribution in [-0.4, -0.2) is 50.7 Å². The van der Waals surface area contributed by atoms with Gasteiger partial charge in [-0.2, -0.15) is 5.10 Å². The molecular formula is C14H16FN5O2. The molecule has 3 rings (SSSR count). The number of aromatic nitrogens is 4. The lowest BCUT2D eigenvalue weighted by Crippen LogP contribution is -2.33. The first kappa shape index (κ1) is 14.6. The summed E-state index contributed by atoms with van der Waals surface area (Å²) in [6, 6.07) is 1.04. The molecule has 1 N–H and O–H groups in total. The van der Waals surface area contributed by atoms with Crippen molar-refractivity contribution < 1.29 is 13.9 Å². The summed E-state index contributed by atoms with van der Waals surface area (Å²) in [6.07, 6.45) is 2.87. The molecular weight excluding hydrogens is 289 g/mol. The number of nitrogens with zero attached hydrogens (tertiary/aromatic N) is 4. The first-order valence-corrected chi connectivity index (χ1v) is 6.92. The second-order valence-electron chi connectivity index (χ2n) is 5.20. The maximum atomic E-state index is 13.8. The molecule has 1 aliphatic rings. The Kier molecular flexibility index (Phi) is 3.84. The fourth-order valence-corrected chi connectivity index (χ4v) is 2.65. The van der Waals surface area contributed by atoms with Gasteiger partial charge in [-0.1, -0.05) is 0 Å². The van der Waals surface area contributed by atoms with Crippen molar-refractivity contribution in [3.8, 4) is 0 Å². The molecule has 0 aliphatic carbocycles. The van der Waals surface area contributed by atoms with Crippen LogP contribution in [0.15, 0.2) is 18.5 Å². The van der Waals surface area contributed by atoms with Gasteiger partial charge in [-0.05, 0) is 13.0 Å². The molecule has 7 nitrogen and oxygen atoms in total. The van der Waals surface area contributed by atoms with Crippen LogP contribution < -0.4 is 0 Å². The zero-order valence-corrected chi connectivity index (χ0v) is 12.3. The fourth-order valence-electron chi connectivity index (χ4n) is 2.65. The summed E-state index contributed by atoms with van der Waals surface area (Å²) in [5.74, 6) is 0.128. The van der Waals surface area contributed by atoms with Gasteiger partial charge < -0.3 is 9.64 Å². The van der Waals surface area contributed by atoms with Gasteiger partial charge in [-0.15, -0.1) is 0 Å². The van der Waals surface area contributed by atoms with Gasteiger partial charge >= 0.3 is 0 Å². The lowest BCUT2D eigenvalue weighted by Gasteiger charge is -2.22. The first-order chi connectivity index (χ1) is 10.6. The summed E-state index contributed by atoms with van der Waals surface area (Å²) in [4.78, 5) is 22.2. The average Bonchev–Trinajstić information content (AvgIpc) is 3.13. The van der Waals surface area contributed by atoms with E-state index in [1.54, 1.807) is 18.9 Å². The fraction of sp³-hybridized carbons (Fsp3) is 0.429. The number of aryl methyl sites for hydroxylation is 1. The van der Waals surface area contributed by atoms with E-state index in [9.17, 15) is 9.18 Å². The predicted octanol–water partition coefficient (Wildman–Crippen LogP) is 1.25. The second-order valence-corrected chi connectivity index (χ2v) is 5.20. The summed E-state index contributed by atoms with van der Waals surface area (Å²) >= 11 is 0. The van der Waals surface area contributed by atoms with Crippen molar-refractivity contribution in [2.24, 2.45) is 0 Å². The molecule has 22 heavy (non-hydrogen) atoms. The van der Waals surface area contributed by atoms with Crippen LogP contribution in [0.3, 0.4) is 0 Å². The minimum atomic E-state index is -0.640. The number of amides is 1. The van der Waals surface area contributed by atoms with Crippen molar-refractivity contribution in [1.29, 1.82) is 0 Å². The lowest BCUT2D eigenvalue weighted by atomic mass is 10.1. The standard InChI is InChI=1S/C14H16FN5O2/c1-8-17-13(19-18-8)12-5-9(22-2)7-20(12)14(21)10-3-4-16-6-11(10)15/h3-4,6,9,12H,5,7H2,1-2H3,(H,17,18,19)/t9-,12+/m1/s1. The van der Waals surface area contributed by atoms with Gasteiger partial charge in [0.25, 0.3) is 5.91 Å². The van der Waals surface area contributed by atoms with Crippen LogP contribution in [0, 0.1) is 12.7 Å². The van der Waals surface area contributed by atoms with Crippen LogP contribution in [0.4, 0.5) is 4.39 Å². The number of halogens is 1. The summed E-state index contributed by atoms with van der Waals surface area (Å²) in [5.41, 5.74) is -0.0102. The minimum absolute atomic E-state index is 0.0102. The van der Waals surface area contributed by atoms with Crippen molar-refractivity contribution in [3.05, 3.63) is 41.5 Å². The van der Waals surface area contributed by atoms with Crippen molar-refractivity contribution in [2.75, 3.05) is 13.7 Å². The number of nitrogens with one attached hydrogen (secondary N) is 1. The molecule has 2 atom stereocenters. The molecule has 116 valence electrons. The molecule has 0 radical (unpaired) electrons. The molecule has 1 amide bonds. The quantitative estimate of drug-likeness (QED) is 0.922. The highest BCUT2D eigenvalue weighted by atomic mass is 19.1. The summed E-state index contributed by atoms with van der Waals surface area (Å²) in [5, 5.41) is 6.89. The number of carbonyl (C=O) groups is 1. The molecule has 0 unspecified atom stereocenters. The number of ether oxygens (including phenoxy) is 1. The highest BCUT2D eigenvalue weighted by molar-refractivity contribution is 5.94. The number of hydrogen-bond donors (Lipinski definition) is 1. The zero-order chi connectivity index (χ0) is 15.7. The first-order valence-electron chi connectivity index (χ1n) is 6.92. The molecule has 1 saturated heterocycles. The highest BCUT2D eigenvalue weighted by Gasteiger charge is 2.39. The van der Waals surface area contributed by atoms with E-state index < -0.39 is 11.7 Å². The Morgan fingerprint density at radius 1 is 1.55 bits per heavy atom.